The highest BCUT2D eigenvalue weighted by molar-refractivity contribution is 7.89. The Hall–Kier alpha value is -3.16. The molecule has 31 heavy (non-hydrogen) atoms. The van der Waals surface area contributed by atoms with Gasteiger partial charge in [-0.3, -0.25) is 4.79 Å². The molecule has 3 aromatic carbocycles. The van der Waals surface area contributed by atoms with Crippen LogP contribution in [0.5, 0.6) is 5.75 Å². The molecule has 3 aromatic rings. The Kier molecular flexibility index (Phi) is 7.44. The van der Waals surface area contributed by atoms with Crippen molar-refractivity contribution in [2.45, 2.75) is 30.8 Å². The van der Waals surface area contributed by atoms with Gasteiger partial charge in [0.05, 0.1) is 12.0 Å². The van der Waals surface area contributed by atoms with Crippen LogP contribution in [0, 0.1) is 6.92 Å². The maximum atomic E-state index is 13.0. The van der Waals surface area contributed by atoms with Crippen molar-refractivity contribution in [3.8, 4) is 5.75 Å². The summed E-state index contributed by atoms with van der Waals surface area (Å²) >= 11 is 0. The van der Waals surface area contributed by atoms with Crippen LogP contribution in [-0.2, 0) is 27.8 Å². The first-order valence-electron chi connectivity index (χ1n) is 9.91. The Balaban J connectivity index is 1.80. The first kappa shape index (κ1) is 22.5. The van der Waals surface area contributed by atoms with Gasteiger partial charge in [-0.05, 0) is 37.1 Å². The van der Waals surface area contributed by atoms with E-state index in [-0.39, 0.29) is 17.9 Å². The molecule has 0 fully saturated rings. The molecule has 0 saturated heterocycles. The standard InChI is InChI=1S/C24H26N2O4S/c1-18-12-14-21(15-13-18)31(28,29)26-22(16-19-8-4-3-5-9-19)24(27)25-17-20-10-6-7-11-23(20)30-2/h3-15,22,26H,16-17H2,1-2H3,(H,25,27). The number of sulfonamides is 1. The highest BCUT2D eigenvalue weighted by Crippen LogP contribution is 2.17. The molecule has 1 amide bonds. The average molecular weight is 439 g/mol. The Morgan fingerprint density at radius 2 is 1.58 bits per heavy atom. The molecule has 0 bridgehead atoms. The number of amides is 1. The molecule has 2 N–H and O–H groups in total. The van der Waals surface area contributed by atoms with E-state index in [2.05, 4.69) is 10.0 Å². The maximum absolute atomic E-state index is 13.0. The Labute approximate surface area is 183 Å². The third kappa shape index (κ3) is 6.16. The lowest BCUT2D eigenvalue weighted by Crippen LogP contribution is -2.47. The number of hydrogen-bond acceptors (Lipinski definition) is 4. The van der Waals surface area contributed by atoms with Crippen LogP contribution in [0.3, 0.4) is 0 Å². The van der Waals surface area contributed by atoms with E-state index in [1.165, 1.54) is 12.1 Å². The van der Waals surface area contributed by atoms with Crippen molar-refractivity contribution in [1.29, 1.82) is 0 Å². The topological polar surface area (TPSA) is 84.5 Å². The minimum absolute atomic E-state index is 0.119. The largest absolute Gasteiger partial charge is 0.496 e. The molecule has 162 valence electrons. The molecule has 0 aliphatic carbocycles. The van der Waals surface area contributed by atoms with E-state index in [9.17, 15) is 13.2 Å². The van der Waals surface area contributed by atoms with Gasteiger partial charge in [-0.25, -0.2) is 8.42 Å². The van der Waals surface area contributed by atoms with E-state index in [0.29, 0.717) is 5.75 Å². The number of carbonyl (C=O) groups excluding carboxylic acids is 1. The summed E-state index contributed by atoms with van der Waals surface area (Å²) in [5.74, 6) is 0.244. The zero-order chi connectivity index (χ0) is 22.3. The monoisotopic (exact) mass is 438 g/mol. The fourth-order valence-electron chi connectivity index (χ4n) is 3.16. The molecule has 0 aromatic heterocycles. The number of ether oxygens (including phenoxy) is 1. The van der Waals surface area contributed by atoms with Gasteiger partial charge in [0.2, 0.25) is 15.9 Å². The Morgan fingerprint density at radius 1 is 0.935 bits per heavy atom. The zero-order valence-corrected chi connectivity index (χ0v) is 18.4. The van der Waals surface area contributed by atoms with Crippen LogP contribution in [0.25, 0.3) is 0 Å². The molecule has 3 rings (SSSR count). The van der Waals surface area contributed by atoms with Crippen LogP contribution in [0.1, 0.15) is 16.7 Å². The summed E-state index contributed by atoms with van der Waals surface area (Å²) in [6, 6.07) is 22.2. The van der Waals surface area contributed by atoms with Crippen molar-refractivity contribution in [1.82, 2.24) is 10.0 Å². The lowest BCUT2D eigenvalue weighted by Gasteiger charge is -2.19. The van der Waals surface area contributed by atoms with Crippen LogP contribution in [-0.4, -0.2) is 27.5 Å². The smallest absolute Gasteiger partial charge is 0.241 e. The number of hydrogen-bond donors (Lipinski definition) is 2. The molecule has 6 nitrogen and oxygen atoms in total. The van der Waals surface area contributed by atoms with E-state index in [4.69, 9.17) is 4.74 Å². The molecule has 0 saturated carbocycles. The van der Waals surface area contributed by atoms with Crippen molar-refractivity contribution >= 4 is 15.9 Å². The van der Waals surface area contributed by atoms with Crippen molar-refractivity contribution in [3.05, 3.63) is 95.6 Å². The summed E-state index contributed by atoms with van der Waals surface area (Å²) in [7, 11) is -2.31. The summed E-state index contributed by atoms with van der Waals surface area (Å²) < 4.78 is 33.7. The third-order valence-corrected chi connectivity index (χ3v) is 6.36. The molecular formula is C24H26N2O4S. The van der Waals surface area contributed by atoms with Crippen LogP contribution >= 0.6 is 0 Å². The molecule has 0 spiro atoms. The van der Waals surface area contributed by atoms with Gasteiger partial charge in [-0.1, -0.05) is 66.2 Å². The predicted molar refractivity (Wildman–Crippen MR) is 120 cm³/mol. The number of methoxy groups -OCH3 is 1. The second-order valence-corrected chi connectivity index (χ2v) is 8.92. The molecule has 1 unspecified atom stereocenters. The molecule has 0 aliphatic heterocycles. The van der Waals surface area contributed by atoms with Crippen LogP contribution < -0.4 is 14.8 Å². The van der Waals surface area contributed by atoms with Crippen LogP contribution in [0.15, 0.2) is 83.8 Å². The number of aryl methyl sites for hydroxylation is 1. The highest BCUT2D eigenvalue weighted by atomic mass is 32.2. The summed E-state index contributed by atoms with van der Waals surface area (Å²) in [6.45, 7) is 2.10. The summed E-state index contributed by atoms with van der Waals surface area (Å²) in [4.78, 5) is 13.1. The van der Waals surface area contributed by atoms with E-state index < -0.39 is 22.0 Å². The number of carbonyl (C=O) groups is 1. The number of rotatable bonds is 9. The van der Waals surface area contributed by atoms with Gasteiger partial charge < -0.3 is 10.1 Å². The first-order chi connectivity index (χ1) is 14.9. The lowest BCUT2D eigenvalue weighted by atomic mass is 10.1. The second kappa shape index (κ2) is 10.2. The van der Waals surface area contributed by atoms with Crippen LogP contribution in [0.4, 0.5) is 0 Å². The normalized spacial score (nSPS) is 12.2. The van der Waals surface area contributed by atoms with Crippen molar-refractivity contribution in [2.75, 3.05) is 7.11 Å². The van der Waals surface area contributed by atoms with Gasteiger partial charge in [0.1, 0.15) is 11.8 Å². The minimum Gasteiger partial charge on any atom is -0.496 e. The van der Waals surface area contributed by atoms with Gasteiger partial charge in [0.15, 0.2) is 0 Å². The molecule has 7 heteroatoms. The molecule has 1 atom stereocenters. The number of para-hydroxylation sites is 1. The second-order valence-electron chi connectivity index (χ2n) is 7.21. The summed E-state index contributed by atoms with van der Waals surface area (Å²) in [5.41, 5.74) is 2.61. The van der Waals surface area contributed by atoms with Gasteiger partial charge in [-0.2, -0.15) is 4.72 Å². The van der Waals surface area contributed by atoms with E-state index in [0.717, 1.165) is 16.7 Å². The van der Waals surface area contributed by atoms with Gasteiger partial charge in [0, 0.05) is 12.1 Å². The lowest BCUT2D eigenvalue weighted by molar-refractivity contribution is -0.122. The summed E-state index contributed by atoms with van der Waals surface area (Å²) in [5, 5.41) is 2.83. The molecule has 0 radical (unpaired) electrons. The number of nitrogens with one attached hydrogen (secondary N) is 2. The SMILES string of the molecule is COc1ccccc1CNC(=O)C(Cc1ccccc1)NS(=O)(=O)c1ccc(C)cc1. The Bertz CT molecular complexity index is 1110. The van der Waals surface area contributed by atoms with E-state index in [1.807, 2.05) is 61.5 Å². The maximum Gasteiger partial charge on any atom is 0.241 e. The van der Waals surface area contributed by atoms with Gasteiger partial charge >= 0.3 is 0 Å². The zero-order valence-electron chi connectivity index (χ0n) is 17.5. The fraction of sp³-hybridized carbons (Fsp3) is 0.208. The van der Waals surface area contributed by atoms with Crippen molar-refractivity contribution in [3.63, 3.8) is 0 Å². The fourth-order valence-corrected chi connectivity index (χ4v) is 4.36. The molecule has 0 aliphatic rings. The summed E-state index contributed by atoms with van der Waals surface area (Å²) in [6.07, 6.45) is 0.226. The molecular weight excluding hydrogens is 412 g/mol. The molecule has 0 heterocycles. The third-order valence-electron chi connectivity index (χ3n) is 4.87. The minimum atomic E-state index is -3.87. The van der Waals surface area contributed by atoms with Crippen molar-refractivity contribution < 1.29 is 17.9 Å². The average Bonchev–Trinajstić information content (AvgIpc) is 2.78. The van der Waals surface area contributed by atoms with Crippen LogP contribution in [0.2, 0.25) is 0 Å². The quantitative estimate of drug-likeness (QED) is 0.537. The first-order valence-corrected chi connectivity index (χ1v) is 11.4. The van der Waals surface area contributed by atoms with Crippen molar-refractivity contribution in [2.24, 2.45) is 0 Å². The van der Waals surface area contributed by atoms with Gasteiger partial charge in [0.25, 0.3) is 0 Å². The van der Waals surface area contributed by atoms with E-state index >= 15 is 0 Å². The van der Waals surface area contributed by atoms with Gasteiger partial charge in [-0.15, -0.1) is 0 Å². The highest BCUT2D eigenvalue weighted by Gasteiger charge is 2.26. The number of benzene rings is 3. The Morgan fingerprint density at radius 3 is 2.26 bits per heavy atom. The van der Waals surface area contributed by atoms with E-state index in [1.54, 1.807) is 19.2 Å². The predicted octanol–water partition coefficient (Wildman–Crippen LogP) is 3.21.